The van der Waals surface area contributed by atoms with Gasteiger partial charge in [-0.25, -0.2) is 0 Å². The molecule has 0 aromatic heterocycles. The van der Waals surface area contributed by atoms with Crippen molar-refractivity contribution in [1.29, 1.82) is 0 Å². The quantitative estimate of drug-likeness (QED) is 0.930. The number of ether oxygens (including phenoxy) is 2. The van der Waals surface area contributed by atoms with Gasteiger partial charge in [-0.3, -0.25) is 4.90 Å². The van der Waals surface area contributed by atoms with Crippen LogP contribution in [0, 0.1) is 0 Å². The van der Waals surface area contributed by atoms with E-state index in [1.54, 1.807) is 14.2 Å². The second-order valence-corrected chi connectivity index (χ2v) is 6.14. The molecule has 0 unspecified atom stereocenters. The van der Waals surface area contributed by atoms with E-state index in [-0.39, 0.29) is 6.10 Å². The third kappa shape index (κ3) is 2.87. The summed E-state index contributed by atoms with van der Waals surface area (Å²) >= 11 is 0. The molecule has 2 heterocycles. The molecule has 2 aliphatic rings. The van der Waals surface area contributed by atoms with E-state index in [9.17, 15) is 5.11 Å². The van der Waals surface area contributed by atoms with Gasteiger partial charge in [0, 0.05) is 12.1 Å². The third-order valence-electron chi connectivity index (χ3n) is 4.90. The van der Waals surface area contributed by atoms with Gasteiger partial charge in [0.05, 0.1) is 20.3 Å². The van der Waals surface area contributed by atoms with E-state index in [4.69, 9.17) is 9.47 Å². The van der Waals surface area contributed by atoms with Crippen LogP contribution in [0.25, 0.3) is 0 Å². The smallest absolute Gasteiger partial charge is 0.161 e. The van der Waals surface area contributed by atoms with Crippen molar-refractivity contribution < 1.29 is 14.6 Å². The molecule has 0 aliphatic carbocycles. The number of nitrogens with zero attached hydrogens (tertiary/aromatic N) is 1. The number of fused-ring (bicyclic) bond motifs is 1. The van der Waals surface area contributed by atoms with Crippen molar-refractivity contribution in [3.8, 4) is 11.5 Å². The van der Waals surface area contributed by atoms with Gasteiger partial charge >= 0.3 is 0 Å². The minimum atomic E-state index is -0.192. The van der Waals surface area contributed by atoms with Crippen LogP contribution in [0.5, 0.6) is 11.5 Å². The molecule has 0 bridgehead atoms. The largest absolute Gasteiger partial charge is 0.493 e. The maximum absolute atomic E-state index is 10.2. The topological polar surface area (TPSA) is 41.9 Å². The summed E-state index contributed by atoms with van der Waals surface area (Å²) in [6.07, 6.45) is 5.29. The molecule has 2 aliphatic heterocycles. The molecule has 2 fully saturated rings. The average Bonchev–Trinajstić information content (AvgIpc) is 2.53. The van der Waals surface area contributed by atoms with Crippen molar-refractivity contribution in [2.45, 2.75) is 50.3 Å². The summed E-state index contributed by atoms with van der Waals surface area (Å²) in [4.78, 5) is 2.58. The van der Waals surface area contributed by atoms with Crippen LogP contribution in [0.2, 0.25) is 0 Å². The molecular weight excluding hydrogens is 266 g/mol. The van der Waals surface area contributed by atoms with Gasteiger partial charge in [-0.2, -0.15) is 0 Å². The van der Waals surface area contributed by atoms with Crippen LogP contribution in [0.1, 0.15) is 43.7 Å². The SMILES string of the molecule is COc1ccc([C@H]2C[C@H](O)C[C@H]3CCCCN32)cc1OC. The maximum atomic E-state index is 10.2. The summed E-state index contributed by atoms with van der Waals surface area (Å²) in [6.45, 7) is 1.14. The van der Waals surface area contributed by atoms with Gasteiger partial charge in [-0.15, -0.1) is 0 Å². The fraction of sp³-hybridized carbons (Fsp3) is 0.647. The summed E-state index contributed by atoms with van der Waals surface area (Å²) in [5.41, 5.74) is 1.22. The fourth-order valence-corrected chi connectivity index (χ4v) is 3.88. The summed E-state index contributed by atoms with van der Waals surface area (Å²) in [6, 6.07) is 6.95. The van der Waals surface area contributed by atoms with E-state index in [2.05, 4.69) is 17.0 Å². The van der Waals surface area contributed by atoms with Crippen LogP contribution < -0.4 is 9.47 Å². The molecule has 1 N–H and O–H groups in total. The zero-order valence-corrected chi connectivity index (χ0v) is 12.9. The lowest BCUT2D eigenvalue weighted by molar-refractivity contribution is -0.0180. The van der Waals surface area contributed by atoms with E-state index in [0.717, 1.165) is 30.9 Å². The normalized spacial score (nSPS) is 29.8. The van der Waals surface area contributed by atoms with Crippen LogP contribution in [-0.4, -0.2) is 42.9 Å². The number of aliphatic hydroxyl groups is 1. The second-order valence-electron chi connectivity index (χ2n) is 6.14. The molecule has 116 valence electrons. The van der Waals surface area contributed by atoms with Gasteiger partial charge in [-0.1, -0.05) is 12.5 Å². The van der Waals surface area contributed by atoms with Gasteiger partial charge < -0.3 is 14.6 Å². The fourth-order valence-electron chi connectivity index (χ4n) is 3.88. The Labute approximate surface area is 126 Å². The van der Waals surface area contributed by atoms with E-state index in [1.165, 1.54) is 24.8 Å². The molecule has 0 saturated carbocycles. The molecule has 0 radical (unpaired) electrons. The highest BCUT2D eigenvalue weighted by atomic mass is 16.5. The van der Waals surface area contributed by atoms with E-state index in [0.29, 0.717) is 12.1 Å². The Bertz CT molecular complexity index is 491. The Morgan fingerprint density at radius 3 is 2.67 bits per heavy atom. The number of hydrogen-bond donors (Lipinski definition) is 1. The number of methoxy groups -OCH3 is 2. The molecule has 1 aromatic rings. The predicted molar refractivity (Wildman–Crippen MR) is 81.9 cm³/mol. The molecule has 4 heteroatoms. The lowest BCUT2D eigenvalue weighted by atomic mass is 9.84. The maximum Gasteiger partial charge on any atom is 0.161 e. The first-order valence-electron chi connectivity index (χ1n) is 7.88. The van der Waals surface area contributed by atoms with Gasteiger partial charge in [0.2, 0.25) is 0 Å². The molecule has 0 spiro atoms. The van der Waals surface area contributed by atoms with Crippen LogP contribution in [-0.2, 0) is 0 Å². The zero-order chi connectivity index (χ0) is 14.8. The first-order valence-corrected chi connectivity index (χ1v) is 7.88. The van der Waals surface area contributed by atoms with Crippen molar-refractivity contribution in [3.63, 3.8) is 0 Å². The monoisotopic (exact) mass is 291 g/mol. The molecular formula is C17H25NO3. The Morgan fingerprint density at radius 1 is 1.10 bits per heavy atom. The lowest BCUT2D eigenvalue weighted by Crippen LogP contribution is -2.48. The van der Waals surface area contributed by atoms with Crippen molar-refractivity contribution in [1.82, 2.24) is 4.90 Å². The number of rotatable bonds is 3. The van der Waals surface area contributed by atoms with Gasteiger partial charge in [0.15, 0.2) is 11.5 Å². The van der Waals surface area contributed by atoms with Gasteiger partial charge in [0.1, 0.15) is 0 Å². The Balaban J connectivity index is 1.89. The van der Waals surface area contributed by atoms with E-state index < -0.39 is 0 Å². The lowest BCUT2D eigenvalue weighted by Gasteiger charge is -2.47. The highest BCUT2D eigenvalue weighted by Gasteiger charge is 2.37. The molecule has 3 rings (SSSR count). The van der Waals surface area contributed by atoms with Crippen LogP contribution in [0.4, 0.5) is 0 Å². The molecule has 3 atom stereocenters. The third-order valence-corrected chi connectivity index (χ3v) is 4.90. The number of piperidine rings is 2. The number of aliphatic hydroxyl groups excluding tert-OH is 1. The van der Waals surface area contributed by atoms with Crippen molar-refractivity contribution in [3.05, 3.63) is 23.8 Å². The van der Waals surface area contributed by atoms with E-state index in [1.807, 2.05) is 6.07 Å². The van der Waals surface area contributed by atoms with Gasteiger partial charge in [0.25, 0.3) is 0 Å². The molecule has 2 saturated heterocycles. The first kappa shape index (κ1) is 14.7. The number of benzene rings is 1. The van der Waals surface area contributed by atoms with Crippen molar-refractivity contribution in [2.75, 3.05) is 20.8 Å². The standard InChI is InChI=1S/C17H25NO3/c1-20-16-7-6-12(9-17(16)21-2)15-11-14(19)10-13-5-3-4-8-18(13)15/h6-7,9,13-15,19H,3-5,8,10-11H2,1-2H3/t13-,14-,15-/m1/s1. The van der Waals surface area contributed by atoms with Crippen molar-refractivity contribution in [2.24, 2.45) is 0 Å². The van der Waals surface area contributed by atoms with Crippen LogP contribution in [0.15, 0.2) is 18.2 Å². The highest BCUT2D eigenvalue weighted by Crippen LogP contribution is 2.40. The van der Waals surface area contributed by atoms with Crippen molar-refractivity contribution >= 4 is 0 Å². The summed E-state index contributed by atoms with van der Waals surface area (Å²) in [5, 5.41) is 10.2. The average molecular weight is 291 g/mol. The summed E-state index contributed by atoms with van der Waals surface area (Å²) < 4.78 is 10.7. The summed E-state index contributed by atoms with van der Waals surface area (Å²) in [7, 11) is 3.32. The molecule has 0 amide bonds. The van der Waals surface area contributed by atoms with Gasteiger partial charge in [-0.05, 0) is 49.9 Å². The zero-order valence-electron chi connectivity index (χ0n) is 12.9. The minimum absolute atomic E-state index is 0.192. The molecule has 21 heavy (non-hydrogen) atoms. The Morgan fingerprint density at radius 2 is 1.90 bits per heavy atom. The number of hydrogen-bond acceptors (Lipinski definition) is 4. The molecule has 4 nitrogen and oxygen atoms in total. The van der Waals surface area contributed by atoms with Crippen LogP contribution in [0.3, 0.4) is 0 Å². The van der Waals surface area contributed by atoms with E-state index >= 15 is 0 Å². The predicted octanol–water partition coefficient (Wildman–Crippen LogP) is 2.75. The Kier molecular flexibility index (Phi) is 4.36. The molecule has 1 aromatic carbocycles. The second kappa shape index (κ2) is 6.24. The minimum Gasteiger partial charge on any atom is -0.493 e. The Hall–Kier alpha value is -1.26. The van der Waals surface area contributed by atoms with Crippen LogP contribution >= 0.6 is 0 Å². The first-order chi connectivity index (χ1) is 10.2. The highest BCUT2D eigenvalue weighted by molar-refractivity contribution is 5.44. The summed E-state index contributed by atoms with van der Waals surface area (Å²) in [5.74, 6) is 1.52.